The number of aryl methyl sites for hydroxylation is 1. The number of tetrazole rings is 1. The summed E-state index contributed by atoms with van der Waals surface area (Å²) in [5, 5.41) is 15.3. The predicted octanol–water partition coefficient (Wildman–Crippen LogP) is 3.95. The summed E-state index contributed by atoms with van der Waals surface area (Å²) < 4.78 is 18.8. The molecule has 0 spiro atoms. The van der Waals surface area contributed by atoms with Crippen LogP contribution in [0, 0.1) is 18.7 Å². The van der Waals surface area contributed by atoms with Crippen molar-refractivity contribution in [2.75, 3.05) is 26.3 Å². The van der Waals surface area contributed by atoms with E-state index in [-0.39, 0.29) is 30.0 Å². The molecule has 0 aliphatic carbocycles. The lowest BCUT2D eigenvalue weighted by Gasteiger charge is -2.31. The molecule has 0 aliphatic rings. The third kappa shape index (κ3) is 8.44. The fraction of sp³-hybridized carbons (Fsp3) is 0.464. The molecular formula is C28H37FN6O3. The Hall–Kier alpha value is -3.66. The molecule has 204 valence electrons. The molecule has 3 aromatic rings. The molecule has 3 rings (SSSR count). The number of halogens is 1. The van der Waals surface area contributed by atoms with Gasteiger partial charge in [-0.2, -0.15) is 4.80 Å². The van der Waals surface area contributed by atoms with Gasteiger partial charge < -0.3 is 15.0 Å². The van der Waals surface area contributed by atoms with Gasteiger partial charge in [0, 0.05) is 31.9 Å². The van der Waals surface area contributed by atoms with Crippen LogP contribution in [0.15, 0.2) is 48.5 Å². The van der Waals surface area contributed by atoms with E-state index in [1.165, 1.54) is 16.9 Å². The van der Waals surface area contributed by atoms with Crippen molar-refractivity contribution < 1.29 is 18.7 Å². The zero-order chi connectivity index (χ0) is 27.5. The Labute approximate surface area is 223 Å². The van der Waals surface area contributed by atoms with Gasteiger partial charge in [0.1, 0.15) is 18.4 Å². The summed E-state index contributed by atoms with van der Waals surface area (Å²) >= 11 is 0. The number of hydrogen-bond acceptors (Lipinski definition) is 6. The molecule has 0 saturated carbocycles. The van der Waals surface area contributed by atoms with E-state index in [0.29, 0.717) is 44.2 Å². The fourth-order valence-electron chi connectivity index (χ4n) is 3.92. The Morgan fingerprint density at radius 3 is 2.47 bits per heavy atom. The van der Waals surface area contributed by atoms with Crippen molar-refractivity contribution in [1.82, 2.24) is 30.4 Å². The van der Waals surface area contributed by atoms with Crippen LogP contribution in [0.3, 0.4) is 0 Å². The predicted molar refractivity (Wildman–Crippen MR) is 142 cm³/mol. The van der Waals surface area contributed by atoms with Crippen LogP contribution >= 0.6 is 0 Å². The molecule has 0 fully saturated rings. The zero-order valence-corrected chi connectivity index (χ0v) is 22.6. The summed E-state index contributed by atoms with van der Waals surface area (Å²) in [6.45, 7) is 9.74. The first-order valence-electron chi connectivity index (χ1n) is 13.0. The van der Waals surface area contributed by atoms with E-state index in [2.05, 4.69) is 34.6 Å². The second kappa shape index (κ2) is 14.3. The van der Waals surface area contributed by atoms with Crippen LogP contribution in [0.25, 0.3) is 11.4 Å². The normalized spacial score (nSPS) is 11.9. The lowest BCUT2D eigenvalue weighted by atomic mass is 10.0. The minimum atomic E-state index is -0.822. The minimum absolute atomic E-state index is 0.204. The molecule has 1 heterocycles. The summed E-state index contributed by atoms with van der Waals surface area (Å²) in [6, 6.07) is 12.5. The molecule has 10 heteroatoms. The summed E-state index contributed by atoms with van der Waals surface area (Å²) in [7, 11) is 0. The van der Waals surface area contributed by atoms with Gasteiger partial charge in [-0.1, -0.05) is 43.7 Å². The molecule has 9 nitrogen and oxygen atoms in total. The maximum absolute atomic E-state index is 13.7. The van der Waals surface area contributed by atoms with Gasteiger partial charge in [0.2, 0.25) is 17.6 Å². The summed E-state index contributed by atoms with van der Waals surface area (Å²) in [6.07, 6.45) is 1.40. The molecular weight excluding hydrogens is 487 g/mol. The molecule has 0 bridgehead atoms. The van der Waals surface area contributed by atoms with Crippen molar-refractivity contribution in [2.24, 2.45) is 5.92 Å². The van der Waals surface area contributed by atoms with Gasteiger partial charge in [-0.25, -0.2) is 4.39 Å². The number of rotatable bonds is 14. The first-order valence-corrected chi connectivity index (χ1v) is 13.0. The highest BCUT2D eigenvalue weighted by Crippen LogP contribution is 2.23. The molecule has 0 radical (unpaired) electrons. The number of carbonyl (C=O) groups excluding carboxylic acids is 2. The van der Waals surface area contributed by atoms with E-state index in [4.69, 9.17) is 4.74 Å². The van der Waals surface area contributed by atoms with Crippen LogP contribution in [0.1, 0.15) is 50.8 Å². The van der Waals surface area contributed by atoms with E-state index >= 15 is 0 Å². The number of benzene rings is 2. The Balaban J connectivity index is 1.86. The van der Waals surface area contributed by atoms with Gasteiger partial charge in [0.25, 0.3) is 0 Å². The van der Waals surface area contributed by atoms with Crippen molar-refractivity contribution in [3.63, 3.8) is 0 Å². The average molecular weight is 525 g/mol. The maximum atomic E-state index is 13.7. The second-order valence-electron chi connectivity index (χ2n) is 9.57. The van der Waals surface area contributed by atoms with Crippen LogP contribution in [0.5, 0.6) is 0 Å². The Kier molecular flexibility index (Phi) is 10.9. The number of amides is 2. The smallest absolute Gasteiger partial charge is 0.247 e. The zero-order valence-electron chi connectivity index (χ0n) is 22.6. The Morgan fingerprint density at radius 2 is 1.82 bits per heavy atom. The number of nitrogens with zero attached hydrogens (tertiary/aromatic N) is 5. The molecule has 0 saturated heterocycles. The minimum Gasteiger partial charge on any atom is -0.382 e. The highest BCUT2D eigenvalue weighted by atomic mass is 19.1. The third-order valence-electron chi connectivity index (χ3n) is 6.02. The van der Waals surface area contributed by atoms with Gasteiger partial charge in [-0.3, -0.25) is 9.59 Å². The largest absolute Gasteiger partial charge is 0.382 e. The second-order valence-corrected chi connectivity index (χ2v) is 9.57. The van der Waals surface area contributed by atoms with Crippen LogP contribution in [-0.4, -0.2) is 63.2 Å². The SMILES string of the molecule is CCOCCCN(C(=O)Cn1nnc(-c2ccc(F)cc2)n1)[C@@H](C(=O)NCCC(C)C)c1ccc(C)cc1. The first kappa shape index (κ1) is 28.9. The van der Waals surface area contributed by atoms with Gasteiger partial charge in [-0.15, -0.1) is 10.2 Å². The van der Waals surface area contributed by atoms with E-state index in [9.17, 15) is 14.0 Å². The van der Waals surface area contributed by atoms with Gasteiger partial charge in [-0.05, 0) is 67.6 Å². The standard InChI is InChI=1S/C28H37FN6O3/c1-5-38-18-6-17-34(25(36)19-35-32-27(31-33-35)23-11-13-24(29)14-12-23)26(22-9-7-21(4)8-10-22)28(37)30-16-15-20(2)3/h7-14,20,26H,5-6,15-19H2,1-4H3,(H,30,37)/t26-/m1/s1. The Bertz CT molecular complexity index is 1160. The van der Waals surface area contributed by atoms with Crippen molar-refractivity contribution in [3.8, 4) is 11.4 Å². The van der Waals surface area contributed by atoms with Gasteiger partial charge >= 0.3 is 0 Å². The van der Waals surface area contributed by atoms with Crippen molar-refractivity contribution in [1.29, 1.82) is 0 Å². The summed E-state index contributed by atoms with van der Waals surface area (Å²) in [5.74, 6) is -0.215. The molecule has 38 heavy (non-hydrogen) atoms. The Morgan fingerprint density at radius 1 is 1.11 bits per heavy atom. The monoisotopic (exact) mass is 524 g/mol. The first-order chi connectivity index (χ1) is 18.3. The van der Waals surface area contributed by atoms with Gasteiger partial charge in [0.05, 0.1) is 0 Å². The number of hydrogen-bond donors (Lipinski definition) is 1. The number of ether oxygens (including phenoxy) is 1. The highest BCUT2D eigenvalue weighted by Gasteiger charge is 2.31. The number of aromatic nitrogens is 4. The van der Waals surface area contributed by atoms with Crippen LogP contribution in [0.2, 0.25) is 0 Å². The van der Waals surface area contributed by atoms with Crippen molar-refractivity contribution >= 4 is 11.8 Å². The number of carbonyl (C=O) groups is 2. The lowest BCUT2D eigenvalue weighted by molar-refractivity contribution is -0.142. The highest BCUT2D eigenvalue weighted by molar-refractivity contribution is 5.88. The molecule has 1 aromatic heterocycles. The fourth-order valence-corrected chi connectivity index (χ4v) is 3.92. The van der Waals surface area contributed by atoms with E-state index in [1.54, 1.807) is 17.0 Å². The summed E-state index contributed by atoms with van der Waals surface area (Å²) in [4.78, 5) is 29.9. The van der Waals surface area contributed by atoms with Crippen molar-refractivity contribution in [2.45, 2.75) is 53.1 Å². The van der Waals surface area contributed by atoms with E-state index in [1.807, 2.05) is 38.1 Å². The molecule has 0 unspecified atom stereocenters. The molecule has 2 amide bonds. The summed E-state index contributed by atoms with van der Waals surface area (Å²) in [5.41, 5.74) is 2.36. The lowest BCUT2D eigenvalue weighted by Crippen LogP contribution is -2.46. The van der Waals surface area contributed by atoms with E-state index in [0.717, 1.165) is 17.5 Å². The molecule has 2 aromatic carbocycles. The van der Waals surface area contributed by atoms with Crippen LogP contribution in [-0.2, 0) is 20.9 Å². The molecule has 1 N–H and O–H groups in total. The van der Waals surface area contributed by atoms with Crippen LogP contribution < -0.4 is 5.32 Å². The topological polar surface area (TPSA) is 102 Å². The number of nitrogens with one attached hydrogen (secondary N) is 1. The average Bonchev–Trinajstić information content (AvgIpc) is 3.35. The molecule has 1 atom stereocenters. The van der Waals surface area contributed by atoms with Gasteiger partial charge in [0.15, 0.2) is 0 Å². The van der Waals surface area contributed by atoms with Crippen molar-refractivity contribution in [3.05, 3.63) is 65.5 Å². The van der Waals surface area contributed by atoms with E-state index < -0.39 is 6.04 Å². The maximum Gasteiger partial charge on any atom is 0.247 e. The third-order valence-corrected chi connectivity index (χ3v) is 6.02. The quantitative estimate of drug-likeness (QED) is 0.321. The molecule has 0 aliphatic heterocycles. The van der Waals surface area contributed by atoms with Crippen LogP contribution in [0.4, 0.5) is 4.39 Å².